The van der Waals surface area contributed by atoms with Gasteiger partial charge in [0, 0.05) is 5.71 Å². The summed E-state index contributed by atoms with van der Waals surface area (Å²) in [6, 6.07) is 0. The maximum Gasteiger partial charge on any atom is 0.0605 e. The van der Waals surface area contributed by atoms with E-state index in [1.54, 1.807) is 0 Å². The smallest absolute Gasteiger partial charge is 0.0605 e. The highest BCUT2D eigenvalue weighted by molar-refractivity contribution is 5.87. The standard InChI is InChI=1S/C11H22.C10H21N.C8H18O.2CH4/c1-9(11(5,6)7)8-10(2,3)4;1-8(9(2,3)4)11-10(5,6)7;1-7(2,3)9-8(4,5)6;;/h8H,1-7H3;1-7H3;1-6H3;2*1H4/b9-8-;;;;. The molecule has 0 saturated heterocycles. The first-order valence-corrected chi connectivity index (χ1v) is 11.9. The molecule has 0 radical (unpaired) electrons. The minimum Gasteiger partial charge on any atom is -0.370 e. The number of hydrogen-bond donors (Lipinski definition) is 0. The Hall–Kier alpha value is -0.630. The summed E-state index contributed by atoms with van der Waals surface area (Å²) in [5.74, 6) is 0. The SMILES string of the molecule is C.C.C/C(=C/C(C)(C)C)C(C)(C)C.CC(=NC(C)(C)C)C(C)(C)C.CC(C)(C)OC(C)(C)C. The first-order chi connectivity index (χ1) is 13.0. The number of rotatable bonds is 0. The highest BCUT2D eigenvalue weighted by Crippen LogP contribution is 2.29. The monoisotopic (exact) mass is 472 g/mol. The molecular weight excluding hydrogens is 402 g/mol. The largest absolute Gasteiger partial charge is 0.370 e. The lowest BCUT2D eigenvalue weighted by atomic mass is 9.82. The average molecular weight is 472 g/mol. The molecule has 0 unspecified atom stereocenters. The normalized spacial score (nSPS) is 14.1. The van der Waals surface area contributed by atoms with Crippen LogP contribution in [-0.4, -0.2) is 22.5 Å². The number of aliphatic imine (C=N–C) groups is 1. The van der Waals surface area contributed by atoms with Gasteiger partial charge in [0.2, 0.25) is 0 Å². The lowest BCUT2D eigenvalue weighted by Gasteiger charge is -2.30. The van der Waals surface area contributed by atoms with Crippen LogP contribution in [-0.2, 0) is 4.74 Å². The number of ether oxygens (including phenoxy) is 1. The summed E-state index contributed by atoms with van der Waals surface area (Å²) in [7, 11) is 0. The predicted octanol–water partition coefficient (Wildman–Crippen LogP) is 11.2. The number of nitrogens with zero attached hydrogens (tertiary/aromatic N) is 1. The van der Waals surface area contributed by atoms with Crippen molar-refractivity contribution in [3.63, 3.8) is 0 Å². The van der Waals surface area contributed by atoms with Gasteiger partial charge in [0.1, 0.15) is 0 Å². The predicted molar refractivity (Wildman–Crippen MR) is 159 cm³/mol. The lowest BCUT2D eigenvalue weighted by molar-refractivity contribution is -0.102. The molecule has 0 amide bonds. The van der Waals surface area contributed by atoms with Gasteiger partial charge in [-0.3, -0.25) is 4.99 Å². The summed E-state index contributed by atoms with van der Waals surface area (Å²) in [6.07, 6.45) is 2.35. The Morgan fingerprint density at radius 1 is 0.545 bits per heavy atom. The van der Waals surface area contributed by atoms with Crippen LogP contribution in [0.1, 0.15) is 153 Å². The van der Waals surface area contributed by atoms with Crippen molar-refractivity contribution in [1.29, 1.82) is 0 Å². The maximum absolute atomic E-state index is 5.62. The summed E-state index contributed by atoms with van der Waals surface area (Å²) in [4.78, 5) is 4.60. The molecular formula is C31H69NO. The van der Waals surface area contributed by atoms with Crippen molar-refractivity contribution in [3.05, 3.63) is 11.6 Å². The van der Waals surface area contributed by atoms with E-state index >= 15 is 0 Å². The van der Waals surface area contributed by atoms with Crippen LogP contribution in [0.4, 0.5) is 0 Å². The molecule has 2 nitrogen and oxygen atoms in total. The van der Waals surface area contributed by atoms with Gasteiger partial charge in [0.25, 0.3) is 0 Å². The Bertz CT molecular complexity index is 499. The highest BCUT2D eigenvalue weighted by atomic mass is 16.5. The van der Waals surface area contributed by atoms with Gasteiger partial charge in [-0.2, -0.15) is 0 Å². The average Bonchev–Trinajstić information content (AvgIpc) is 2.28. The molecule has 2 heteroatoms. The maximum atomic E-state index is 5.62. The van der Waals surface area contributed by atoms with Gasteiger partial charge in [0.05, 0.1) is 16.7 Å². The number of allylic oxidation sites excluding steroid dienone is 2. The third-order valence-corrected chi connectivity index (χ3v) is 4.03. The Kier molecular flexibility index (Phi) is 18.9. The topological polar surface area (TPSA) is 21.6 Å². The van der Waals surface area contributed by atoms with Crippen molar-refractivity contribution in [2.75, 3.05) is 0 Å². The Morgan fingerprint density at radius 3 is 0.909 bits per heavy atom. The van der Waals surface area contributed by atoms with Gasteiger partial charge < -0.3 is 4.74 Å². The van der Waals surface area contributed by atoms with Crippen molar-refractivity contribution in [1.82, 2.24) is 0 Å². The van der Waals surface area contributed by atoms with Gasteiger partial charge in [-0.25, -0.2) is 0 Å². The zero-order valence-corrected chi connectivity index (χ0v) is 25.4. The summed E-state index contributed by atoms with van der Waals surface area (Å²) < 4.78 is 5.62. The Balaban J connectivity index is -0.000000116. The molecule has 0 aromatic rings. The van der Waals surface area contributed by atoms with Crippen LogP contribution in [0.2, 0.25) is 0 Å². The van der Waals surface area contributed by atoms with Crippen molar-refractivity contribution in [3.8, 4) is 0 Å². The van der Waals surface area contributed by atoms with E-state index in [1.807, 2.05) is 0 Å². The molecule has 0 bridgehead atoms. The van der Waals surface area contributed by atoms with Crippen LogP contribution in [0.15, 0.2) is 16.6 Å². The fourth-order valence-corrected chi connectivity index (χ4v) is 2.46. The van der Waals surface area contributed by atoms with Gasteiger partial charge in [-0.15, -0.1) is 0 Å². The second kappa shape index (κ2) is 14.7. The van der Waals surface area contributed by atoms with E-state index in [9.17, 15) is 0 Å². The first-order valence-electron chi connectivity index (χ1n) is 11.9. The zero-order chi connectivity index (χ0) is 26.3. The molecule has 0 aliphatic carbocycles. The van der Waals surface area contributed by atoms with Crippen molar-refractivity contribution in [2.45, 2.75) is 170 Å². The first kappa shape index (κ1) is 42.5. The second-order valence-corrected chi connectivity index (χ2v) is 14.9. The van der Waals surface area contributed by atoms with E-state index in [4.69, 9.17) is 4.74 Å². The molecule has 0 fully saturated rings. The molecule has 0 aliphatic heterocycles. The van der Waals surface area contributed by atoms with Gasteiger partial charge in [0.15, 0.2) is 0 Å². The minimum absolute atomic E-state index is 0. The molecule has 0 aromatic heterocycles. The van der Waals surface area contributed by atoms with Crippen LogP contribution < -0.4 is 0 Å². The van der Waals surface area contributed by atoms with Gasteiger partial charge in [-0.1, -0.05) is 88.8 Å². The van der Waals surface area contributed by atoms with Gasteiger partial charge >= 0.3 is 0 Å². The van der Waals surface area contributed by atoms with Crippen molar-refractivity contribution in [2.24, 2.45) is 21.2 Å². The molecule has 0 saturated carbocycles. The van der Waals surface area contributed by atoms with E-state index in [1.165, 1.54) is 11.3 Å². The fourth-order valence-electron chi connectivity index (χ4n) is 2.46. The molecule has 0 rings (SSSR count). The molecule has 0 aliphatic rings. The molecule has 33 heavy (non-hydrogen) atoms. The quantitative estimate of drug-likeness (QED) is 0.254. The van der Waals surface area contributed by atoms with Gasteiger partial charge in [-0.05, 0) is 92.4 Å². The van der Waals surface area contributed by atoms with E-state index in [0.717, 1.165) is 0 Å². The van der Waals surface area contributed by atoms with Crippen LogP contribution in [0.25, 0.3) is 0 Å². The van der Waals surface area contributed by atoms with Crippen LogP contribution in [0, 0.1) is 16.2 Å². The Morgan fingerprint density at radius 2 is 0.848 bits per heavy atom. The third-order valence-electron chi connectivity index (χ3n) is 4.03. The van der Waals surface area contributed by atoms with Crippen LogP contribution in [0.3, 0.4) is 0 Å². The van der Waals surface area contributed by atoms with E-state index in [2.05, 4.69) is 150 Å². The summed E-state index contributed by atoms with van der Waals surface area (Å²) in [6.45, 7) is 43.2. The highest BCUT2D eigenvalue weighted by Gasteiger charge is 2.20. The minimum atomic E-state index is -0.0156. The van der Waals surface area contributed by atoms with Crippen LogP contribution in [0.5, 0.6) is 0 Å². The molecule has 0 heterocycles. The van der Waals surface area contributed by atoms with E-state index in [0.29, 0.717) is 10.8 Å². The van der Waals surface area contributed by atoms with Crippen molar-refractivity contribution < 1.29 is 4.74 Å². The van der Waals surface area contributed by atoms with Crippen molar-refractivity contribution >= 4 is 5.71 Å². The summed E-state index contributed by atoms with van der Waals surface area (Å²) >= 11 is 0. The molecule has 204 valence electrons. The fraction of sp³-hybridized carbons (Fsp3) is 0.903. The molecule has 0 N–H and O–H groups in total. The molecule has 0 atom stereocenters. The zero-order valence-electron chi connectivity index (χ0n) is 25.4. The lowest BCUT2D eigenvalue weighted by Crippen LogP contribution is -2.31. The van der Waals surface area contributed by atoms with E-state index in [-0.39, 0.29) is 37.0 Å². The molecule has 0 aromatic carbocycles. The summed E-state index contributed by atoms with van der Waals surface area (Å²) in [5.41, 5.74) is 3.60. The third kappa shape index (κ3) is 36.1. The van der Waals surface area contributed by atoms with E-state index < -0.39 is 0 Å². The molecule has 0 spiro atoms. The van der Waals surface area contributed by atoms with Crippen LogP contribution >= 0.6 is 0 Å². The number of hydrogen-bond acceptors (Lipinski definition) is 2. The summed E-state index contributed by atoms with van der Waals surface area (Å²) in [5, 5.41) is 0. The Labute approximate surface area is 213 Å². The second-order valence-electron chi connectivity index (χ2n) is 14.9.